The van der Waals surface area contributed by atoms with Crippen molar-refractivity contribution in [2.24, 2.45) is 0 Å². The largest absolute Gasteiger partial charge is 0.497 e. The maximum absolute atomic E-state index is 6.36. The summed E-state index contributed by atoms with van der Waals surface area (Å²) in [5, 5.41) is 4.73. The van der Waals surface area contributed by atoms with Crippen LogP contribution in [-0.4, -0.2) is 13.7 Å². The van der Waals surface area contributed by atoms with Gasteiger partial charge in [-0.05, 0) is 36.4 Å². The van der Waals surface area contributed by atoms with Crippen LogP contribution in [0.15, 0.2) is 40.9 Å². The first-order valence-corrected chi connectivity index (χ1v) is 8.14. The van der Waals surface area contributed by atoms with Crippen molar-refractivity contribution < 1.29 is 4.74 Å². The minimum absolute atomic E-state index is 0.0866. The standard InChI is InChI=1S/C16H16BrCl2NO/c1-3-20-16(15-13(18)5-4-6-14(15)19)11-8-7-10(21-2)9-12(11)17/h4-9,16,20H,3H2,1-2H3. The Morgan fingerprint density at radius 3 is 2.38 bits per heavy atom. The second-order valence-electron chi connectivity index (χ2n) is 4.51. The van der Waals surface area contributed by atoms with Gasteiger partial charge in [0.15, 0.2) is 0 Å². The van der Waals surface area contributed by atoms with E-state index >= 15 is 0 Å². The maximum atomic E-state index is 6.36. The molecular weight excluding hydrogens is 373 g/mol. The fraction of sp³-hybridized carbons (Fsp3) is 0.250. The quantitative estimate of drug-likeness (QED) is 0.733. The van der Waals surface area contributed by atoms with Crippen molar-refractivity contribution in [1.29, 1.82) is 0 Å². The van der Waals surface area contributed by atoms with Crippen LogP contribution in [0.25, 0.3) is 0 Å². The number of benzene rings is 2. The molecule has 112 valence electrons. The van der Waals surface area contributed by atoms with E-state index in [1.165, 1.54) is 0 Å². The number of methoxy groups -OCH3 is 1. The lowest BCUT2D eigenvalue weighted by Gasteiger charge is -2.23. The Hall–Kier alpha value is -0.740. The molecule has 0 aliphatic carbocycles. The number of hydrogen-bond acceptors (Lipinski definition) is 2. The van der Waals surface area contributed by atoms with Crippen LogP contribution in [0.1, 0.15) is 24.1 Å². The van der Waals surface area contributed by atoms with Crippen molar-refractivity contribution in [1.82, 2.24) is 5.32 Å². The van der Waals surface area contributed by atoms with Gasteiger partial charge in [-0.2, -0.15) is 0 Å². The third-order valence-corrected chi connectivity index (χ3v) is 4.56. The van der Waals surface area contributed by atoms with Crippen molar-refractivity contribution in [3.63, 3.8) is 0 Å². The fourth-order valence-corrected chi connectivity index (χ4v) is 3.43. The van der Waals surface area contributed by atoms with Crippen LogP contribution in [0.3, 0.4) is 0 Å². The number of ether oxygens (including phenoxy) is 1. The molecule has 2 aromatic carbocycles. The lowest BCUT2D eigenvalue weighted by atomic mass is 9.98. The molecule has 1 unspecified atom stereocenters. The van der Waals surface area contributed by atoms with Gasteiger partial charge in [0.05, 0.1) is 13.2 Å². The first-order valence-electron chi connectivity index (χ1n) is 6.59. The summed E-state index contributed by atoms with van der Waals surface area (Å²) in [6.07, 6.45) is 0. The Kier molecular flexibility index (Phi) is 5.94. The number of nitrogens with one attached hydrogen (secondary N) is 1. The Balaban J connectivity index is 2.53. The SMILES string of the molecule is CCNC(c1ccc(OC)cc1Br)c1c(Cl)cccc1Cl. The first-order chi connectivity index (χ1) is 10.1. The number of hydrogen-bond donors (Lipinski definition) is 1. The van der Waals surface area contributed by atoms with Gasteiger partial charge in [0.25, 0.3) is 0 Å². The third kappa shape index (κ3) is 3.72. The van der Waals surface area contributed by atoms with E-state index in [1.807, 2.05) is 36.4 Å². The average Bonchev–Trinajstić information content (AvgIpc) is 2.46. The zero-order valence-electron chi connectivity index (χ0n) is 11.8. The predicted molar refractivity (Wildman–Crippen MR) is 92.7 cm³/mol. The topological polar surface area (TPSA) is 21.3 Å². The van der Waals surface area contributed by atoms with Crippen molar-refractivity contribution in [2.45, 2.75) is 13.0 Å². The van der Waals surface area contributed by atoms with E-state index in [2.05, 4.69) is 28.2 Å². The van der Waals surface area contributed by atoms with E-state index in [9.17, 15) is 0 Å². The summed E-state index contributed by atoms with van der Waals surface area (Å²) in [5.41, 5.74) is 1.95. The highest BCUT2D eigenvalue weighted by Crippen LogP contribution is 2.37. The molecule has 0 amide bonds. The third-order valence-electron chi connectivity index (χ3n) is 3.22. The van der Waals surface area contributed by atoms with Crippen LogP contribution in [0.2, 0.25) is 10.0 Å². The molecule has 21 heavy (non-hydrogen) atoms. The lowest BCUT2D eigenvalue weighted by molar-refractivity contribution is 0.414. The molecule has 5 heteroatoms. The van der Waals surface area contributed by atoms with Gasteiger partial charge in [0, 0.05) is 20.1 Å². The molecule has 0 spiro atoms. The van der Waals surface area contributed by atoms with E-state index in [-0.39, 0.29) is 6.04 Å². The second-order valence-corrected chi connectivity index (χ2v) is 6.18. The van der Waals surface area contributed by atoms with Gasteiger partial charge in [0.2, 0.25) is 0 Å². The highest BCUT2D eigenvalue weighted by Gasteiger charge is 2.21. The van der Waals surface area contributed by atoms with Gasteiger partial charge < -0.3 is 10.1 Å². The van der Waals surface area contributed by atoms with Gasteiger partial charge in [-0.25, -0.2) is 0 Å². The second kappa shape index (κ2) is 7.50. The molecule has 1 N–H and O–H groups in total. The summed E-state index contributed by atoms with van der Waals surface area (Å²) in [6.45, 7) is 2.85. The highest BCUT2D eigenvalue weighted by atomic mass is 79.9. The monoisotopic (exact) mass is 387 g/mol. The molecule has 1 atom stereocenters. The zero-order valence-corrected chi connectivity index (χ0v) is 14.9. The van der Waals surface area contributed by atoms with Crippen LogP contribution in [0.5, 0.6) is 5.75 Å². The minimum Gasteiger partial charge on any atom is -0.497 e. The van der Waals surface area contributed by atoms with Crippen LogP contribution < -0.4 is 10.1 Å². The number of rotatable bonds is 5. The van der Waals surface area contributed by atoms with Crippen LogP contribution >= 0.6 is 39.1 Å². The van der Waals surface area contributed by atoms with E-state index < -0.39 is 0 Å². The summed E-state index contributed by atoms with van der Waals surface area (Å²) in [5.74, 6) is 0.797. The molecule has 2 aromatic rings. The smallest absolute Gasteiger partial charge is 0.120 e. The fourth-order valence-electron chi connectivity index (χ4n) is 2.23. The summed E-state index contributed by atoms with van der Waals surface area (Å²) >= 11 is 16.3. The predicted octanol–water partition coefficient (Wildman–Crippen LogP) is 5.46. The molecule has 0 fully saturated rings. The Morgan fingerprint density at radius 2 is 1.86 bits per heavy atom. The van der Waals surface area contributed by atoms with Gasteiger partial charge >= 0.3 is 0 Å². The molecule has 0 radical (unpaired) electrons. The minimum atomic E-state index is -0.0866. The Labute approximate surface area is 143 Å². The first kappa shape index (κ1) is 16.6. The summed E-state index contributed by atoms with van der Waals surface area (Å²) in [6, 6.07) is 11.3. The molecular formula is C16H16BrCl2NO. The molecule has 0 aliphatic heterocycles. The van der Waals surface area contributed by atoms with Gasteiger partial charge in [-0.3, -0.25) is 0 Å². The molecule has 2 nitrogen and oxygen atoms in total. The average molecular weight is 389 g/mol. The Bertz CT molecular complexity index is 613. The van der Waals surface area contributed by atoms with Crippen LogP contribution in [0.4, 0.5) is 0 Å². The molecule has 0 saturated carbocycles. The van der Waals surface area contributed by atoms with E-state index in [1.54, 1.807) is 7.11 Å². The van der Waals surface area contributed by atoms with E-state index in [0.717, 1.165) is 27.9 Å². The molecule has 0 saturated heterocycles. The van der Waals surface area contributed by atoms with Crippen molar-refractivity contribution in [2.75, 3.05) is 13.7 Å². The number of halogens is 3. The van der Waals surface area contributed by atoms with Crippen LogP contribution in [-0.2, 0) is 0 Å². The molecule has 0 heterocycles. The summed E-state index contributed by atoms with van der Waals surface area (Å²) < 4.78 is 6.19. The van der Waals surface area contributed by atoms with Crippen molar-refractivity contribution in [3.8, 4) is 5.75 Å². The summed E-state index contributed by atoms with van der Waals surface area (Å²) in [7, 11) is 1.65. The highest BCUT2D eigenvalue weighted by molar-refractivity contribution is 9.10. The van der Waals surface area contributed by atoms with Gasteiger partial charge in [-0.1, -0.05) is 58.2 Å². The van der Waals surface area contributed by atoms with Gasteiger partial charge in [0.1, 0.15) is 5.75 Å². The Morgan fingerprint density at radius 1 is 1.19 bits per heavy atom. The maximum Gasteiger partial charge on any atom is 0.120 e. The van der Waals surface area contributed by atoms with E-state index in [0.29, 0.717) is 10.0 Å². The van der Waals surface area contributed by atoms with Crippen molar-refractivity contribution >= 4 is 39.1 Å². The molecule has 2 rings (SSSR count). The van der Waals surface area contributed by atoms with Crippen LogP contribution in [0, 0.1) is 0 Å². The summed E-state index contributed by atoms with van der Waals surface area (Å²) in [4.78, 5) is 0. The molecule has 0 bridgehead atoms. The van der Waals surface area contributed by atoms with Gasteiger partial charge in [-0.15, -0.1) is 0 Å². The van der Waals surface area contributed by atoms with E-state index in [4.69, 9.17) is 27.9 Å². The normalized spacial score (nSPS) is 12.2. The van der Waals surface area contributed by atoms with Crippen molar-refractivity contribution in [3.05, 3.63) is 62.0 Å². The zero-order chi connectivity index (χ0) is 15.4. The lowest BCUT2D eigenvalue weighted by Crippen LogP contribution is -2.23. The molecule has 0 aromatic heterocycles. The molecule has 0 aliphatic rings.